The van der Waals surface area contributed by atoms with E-state index in [1.165, 1.54) is 37.4 Å². The fourth-order valence-electron chi connectivity index (χ4n) is 1.80. The van der Waals surface area contributed by atoms with Gasteiger partial charge in [0.2, 0.25) is 10.0 Å². The van der Waals surface area contributed by atoms with Gasteiger partial charge in [-0.3, -0.25) is 0 Å². The molecule has 1 aliphatic carbocycles. The lowest BCUT2D eigenvalue weighted by Crippen LogP contribution is -2.30. The van der Waals surface area contributed by atoms with Gasteiger partial charge in [0, 0.05) is 46.5 Å². The van der Waals surface area contributed by atoms with Gasteiger partial charge in [-0.2, -0.15) is 0 Å². The number of aromatic nitrogens is 1. The number of rotatable bonds is 7. The summed E-state index contributed by atoms with van der Waals surface area (Å²) in [4.78, 5) is 6.47. The largest absolute Gasteiger partial charge is 0.358 e. The Hall–Kier alpha value is -1.18. The second-order valence-corrected chi connectivity index (χ2v) is 7.44. The number of nitrogens with one attached hydrogen (secondary N) is 1. The molecule has 0 saturated heterocycles. The predicted octanol–water partition coefficient (Wildman–Crippen LogP) is 0.520. The van der Waals surface area contributed by atoms with E-state index in [4.69, 9.17) is 0 Å². The number of pyridine rings is 1. The van der Waals surface area contributed by atoms with Crippen LogP contribution in [-0.2, 0) is 10.0 Å². The van der Waals surface area contributed by atoms with Crippen molar-refractivity contribution in [2.75, 3.05) is 39.1 Å². The van der Waals surface area contributed by atoms with Gasteiger partial charge in [-0.05, 0) is 25.0 Å². The first kappa shape index (κ1) is 15.2. The lowest BCUT2D eigenvalue weighted by Gasteiger charge is -2.19. The molecule has 1 fully saturated rings. The molecule has 1 aromatic rings. The first-order valence-corrected chi connectivity index (χ1v) is 8.18. The Morgan fingerprint density at radius 2 is 2.00 bits per heavy atom. The van der Waals surface area contributed by atoms with Gasteiger partial charge in [-0.1, -0.05) is 0 Å². The molecule has 0 aliphatic heterocycles. The van der Waals surface area contributed by atoms with E-state index in [-0.39, 0.29) is 4.90 Å². The number of hydrogen-bond donors (Lipinski definition) is 1. The van der Waals surface area contributed by atoms with Crippen molar-refractivity contribution >= 4 is 15.8 Å². The van der Waals surface area contributed by atoms with E-state index in [0.717, 1.165) is 18.9 Å². The van der Waals surface area contributed by atoms with Crippen molar-refractivity contribution in [3.05, 3.63) is 18.3 Å². The maximum Gasteiger partial charge on any atom is 0.244 e. The molecule has 1 saturated carbocycles. The van der Waals surface area contributed by atoms with Gasteiger partial charge < -0.3 is 10.2 Å². The molecule has 0 aromatic carbocycles. The SMILES string of the molecule is CN(CCNC1CC1)c1ccc(S(=O)(=O)N(C)C)cn1. The molecule has 1 aromatic heterocycles. The molecule has 7 heteroatoms. The predicted molar refractivity (Wildman–Crippen MR) is 79.4 cm³/mol. The highest BCUT2D eigenvalue weighted by Gasteiger charge is 2.20. The summed E-state index contributed by atoms with van der Waals surface area (Å²) in [6.07, 6.45) is 3.97. The van der Waals surface area contributed by atoms with E-state index in [9.17, 15) is 8.42 Å². The zero-order valence-electron chi connectivity index (χ0n) is 12.2. The summed E-state index contributed by atoms with van der Waals surface area (Å²) < 4.78 is 25.0. The van der Waals surface area contributed by atoms with Gasteiger partial charge in [-0.15, -0.1) is 0 Å². The average molecular weight is 298 g/mol. The van der Waals surface area contributed by atoms with Gasteiger partial charge >= 0.3 is 0 Å². The molecule has 0 bridgehead atoms. The number of likely N-dealkylation sites (N-methyl/N-ethyl adjacent to an activating group) is 1. The standard InChI is InChI=1S/C13H22N4O2S/c1-16(2)20(18,19)12-6-7-13(15-10-12)17(3)9-8-14-11-4-5-11/h6-7,10-11,14H,4-5,8-9H2,1-3H3. The fraction of sp³-hybridized carbons (Fsp3) is 0.615. The van der Waals surface area contributed by atoms with Crippen LogP contribution in [0.2, 0.25) is 0 Å². The molecule has 1 aliphatic rings. The van der Waals surface area contributed by atoms with Crippen LogP contribution in [0.15, 0.2) is 23.2 Å². The minimum Gasteiger partial charge on any atom is -0.358 e. The molecule has 1 N–H and O–H groups in total. The van der Waals surface area contributed by atoms with Crippen LogP contribution in [0.1, 0.15) is 12.8 Å². The molecule has 6 nitrogen and oxygen atoms in total. The summed E-state index contributed by atoms with van der Waals surface area (Å²) in [6, 6.07) is 4.04. The van der Waals surface area contributed by atoms with Crippen LogP contribution in [0.5, 0.6) is 0 Å². The fourth-order valence-corrected chi connectivity index (χ4v) is 2.65. The monoisotopic (exact) mass is 298 g/mol. The van der Waals surface area contributed by atoms with Gasteiger partial charge in [0.25, 0.3) is 0 Å². The summed E-state index contributed by atoms with van der Waals surface area (Å²) in [6.45, 7) is 1.77. The zero-order chi connectivity index (χ0) is 14.8. The number of sulfonamides is 1. The second kappa shape index (κ2) is 6.07. The lowest BCUT2D eigenvalue weighted by atomic mass is 10.4. The van der Waals surface area contributed by atoms with E-state index in [0.29, 0.717) is 6.04 Å². The maximum absolute atomic E-state index is 11.9. The zero-order valence-corrected chi connectivity index (χ0v) is 13.0. The minimum absolute atomic E-state index is 0.218. The lowest BCUT2D eigenvalue weighted by molar-refractivity contribution is 0.520. The molecule has 112 valence electrons. The van der Waals surface area contributed by atoms with Crippen molar-refractivity contribution in [3.8, 4) is 0 Å². The van der Waals surface area contributed by atoms with Crippen LogP contribution in [-0.4, -0.2) is 58.0 Å². The van der Waals surface area contributed by atoms with Crippen LogP contribution in [0.25, 0.3) is 0 Å². The van der Waals surface area contributed by atoms with Crippen molar-refractivity contribution < 1.29 is 8.42 Å². The summed E-state index contributed by atoms with van der Waals surface area (Å²) in [5.41, 5.74) is 0. The van der Waals surface area contributed by atoms with Crippen LogP contribution in [0.3, 0.4) is 0 Å². The highest BCUT2D eigenvalue weighted by Crippen LogP contribution is 2.18. The van der Waals surface area contributed by atoms with E-state index in [1.807, 2.05) is 11.9 Å². The normalized spacial score (nSPS) is 15.6. The highest BCUT2D eigenvalue weighted by atomic mass is 32.2. The number of hydrogen-bond acceptors (Lipinski definition) is 5. The van der Waals surface area contributed by atoms with E-state index < -0.39 is 10.0 Å². The molecule has 0 radical (unpaired) electrons. The second-order valence-electron chi connectivity index (χ2n) is 5.29. The Bertz CT molecular complexity index is 538. The molecule has 20 heavy (non-hydrogen) atoms. The Balaban J connectivity index is 1.96. The first-order chi connectivity index (χ1) is 9.41. The van der Waals surface area contributed by atoms with Gasteiger partial charge in [-0.25, -0.2) is 17.7 Å². The van der Waals surface area contributed by atoms with E-state index >= 15 is 0 Å². The van der Waals surface area contributed by atoms with Gasteiger partial charge in [0.05, 0.1) is 0 Å². The van der Waals surface area contributed by atoms with Crippen LogP contribution in [0.4, 0.5) is 5.82 Å². The third-order valence-electron chi connectivity index (χ3n) is 3.35. The molecule has 0 unspecified atom stereocenters. The Morgan fingerprint density at radius 3 is 2.50 bits per heavy atom. The topological polar surface area (TPSA) is 65.5 Å². The molecular formula is C13H22N4O2S. The van der Waals surface area contributed by atoms with Crippen LogP contribution < -0.4 is 10.2 Å². The van der Waals surface area contributed by atoms with Gasteiger partial charge in [0.15, 0.2) is 0 Å². The van der Waals surface area contributed by atoms with Crippen molar-refractivity contribution in [1.29, 1.82) is 0 Å². The summed E-state index contributed by atoms with van der Waals surface area (Å²) >= 11 is 0. The molecule has 0 amide bonds. The number of anilines is 1. The van der Waals surface area contributed by atoms with Crippen LogP contribution >= 0.6 is 0 Å². The maximum atomic E-state index is 11.9. The smallest absolute Gasteiger partial charge is 0.244 e. The summed E-state index contributed by atoms with van der Waals surface area (Å²) in [7, 11) is 1.58. The minimum atomic E-state index is -3.40. The Labute approximate surface area is 120 Å². The first-order valence-electron chi connectivity index (χ1n) is 6.74. The molecular weight excluding hydrogens is 276 g/mol. The van der Waals surface area contributed by atoms with Crippen molar-refractivity contribution in [2.24, 2.45) is 0 Å². The third kappa shape index (κ3) is 3.68. The Kier molecular flexibility index (Phi) is 4.62. The quantitative estimate of drug-likeness (QED) is 0.795. The molecule has 1 heterocycles. The van der Waals surface area contributed by atoms with Crippen molar-refractivity contribution in [1.82, 2.24) is 14.6 Å². The summed E-state index contributed by atoms with van der Waals surface area (Å²) in [5, 5.41) is 3.44. The number of nitrogens with zero attached hydrogens (tertiary/aromatic N) is 3. The summed E-state index contributed by atoms with van der Waals surface area (Å²) in [5.74, 6) is 0.778. The Morgan fingerprint density at radius 1 is 1.30 bits per heavy atom. The molecule has 0 spiro atoms. The van der Waals surface area contributed by atoms with E-state index in [2.05, 4.69) is 10.3 Å². The molecule has 0 atom stereocenters. The van der Waals surface area contributed by atoms with Gasteiger partial charge in [0.1, 0.15) is 10.7 Å². The van der Waals surface area contributed by atoms with Crippen LogP contribution in [0, 0.1) is 0 Å². The average Bonchev–Trinajstić information content (AvgIpc) is 3.22. The molecule has 2 rings (SSSR count). The van der Waals surface area contributed by atoms with Crippen molar-refractivity contribution in [3.63, 3.8) is 0 Å². The third-order valence-corrected chi connectivity index (χ3v) is 5.15. The van der Waals surface area contributed by atoms with Crippen molar-refractivity contribution in [2.45, 2.75) is 23.8 Å². The highest BCUT2D eigenvalue weighted by molar-refractivity contribution is 7.89. The van der Waals surface area contributed by atoms with E-state index in [1.54, 1.807) is 12.1 Å².